The summed E-state index contributed by atoms with van der Waals surface area (Å²) in [5.41, 5.74) is -0.0999. The first-order valence-electron chi connectivity index (χ1n) is 4.22. The van der Waals surface area contributed by atoms with Crippen LogP contribution in [0.2, 0.25) is 0 Å². The largest absolute Gasteiger partial charge is 0.493 e. The predicted octanol–water partition coefficient (Wildman–Crippen LogP) is 1.95. The molecule has 0 bridgehead atoms. The van der Waals surface area contributed by atoms with Crippen molar-refractivity contribution in [2.45, 2.75) is 24.6 Å². The van der Waals surface area contributed by atoms with Gasteiger partial charge in [0, 0.05) is 5.92 Å². The highest BCUT2D eigenvalue weighted by Crippen LogP contribution is 2.35. The van der Waals surface area contributed by atoms with Crippen LogP contribution < -0.4 is 5.69 Å². The summed E-state index contributed by atoms with van der Waals surface area (Å²) in [4.78, 5) is 14.9. The number of rotatable bonds is 3. The predicted molar refractivity (Wildman–Crippen MR) is 56.2 cm³/mol. The third-order valence-corrected chi connectivity index (χ3v) is 2.60. The Bertz CT molecular complexity index is 348. The molecule has 3 N–H and O–H groups in total. The molecule has 0 saturated heterocycles. The van der Waals surface area contributed by atoms with Crippen molar-refractivity contribution in [1.29, 1.82) is 0 Å². The Kier molecular flexibility index (Phi) is 3.50. The fraction of sp³-hybridized carbons (Fsp3) is 0.625. The highest BCUT2D eigenvalue weighted by Gasteiger charge is 2.27. The number of aromatic nitrogens is 2. The molecule has 0 amide bonds. The van der Waals surface area contributed by atoms with E-state index in [1.165, 1.54) is 0 Å². The quantitative estimate of drug-likeness (QED) is 0.705. The number of hydrogen-bond donors (Lipinski definition) is 3. The number of aromatic amines is 2. The molecule has 1 unspecified atom stereocenters. The second-order valence-corrected chi connectivity index (χ2v) is 4.61. The highest BCUT2D eigenvalue weighted by molar-refractivity contribution is 6.44. The van der Waals surface area contributed by atoms with Crippen LogP contribution in [0.4, 0.5) is 0 Å². The molecule has 0 radical (unpaired) electrons. The molecule has 80 valence electrons. The molecule has 0 aliphatic rings. The fourth-order valence-electron chi connectivity index (χ4n) is 1.38. The Labute approximate surface area is 91.2 Å². The zero-order valence-electron chi connectivity index (χ0n) is 7.84. The summed E-state index contributed by atoms with van der Waals surface area (Å²) >= 11 is 11.5. The van der Waals surface area contributed by atoms with Gasteiger partial charge in [-0.15, -0.1) is 23.2 Å². The summed E-state index contributed by atoms with van der Waals surface area (Å²) in [5.74, 6) is -0.371. The van der Waals surface area contributed by atoms with E-state index in [2.05, 4.69) is 9.97 Å². The summed E-state index contributed by atoms with van der Waals surface area (Å²) < 4.78 is 0. The van der Waals surface area contributed by atoms with E-state index in [1.807, 2.05) is 13.8 Å². The van der Waals surface area contributed by atoms with Gasteiger partial charge >= 0.3 is 5.69 Å². The molecular formula is C8H12Cl2N2O2. The van der Waals surface area contributed by atoms with Gasteiger partial charge < -0.3 is 10.1 Å². The van der Waals surface area contributed by atoms with Crippen LogP contribution in [0.1, 0.15) is 25.5 Å². The van der Waals surface area contributed by atoms with Crippen LogP contribution in [-0.2, 0) is 0 Å². The minimum atomic E-state index is -0.674. The topological polar surface area (TPSA) is 68.9 Å². The van der Waals surface area contributed by atoms with E-state index in [-0.39, 0.29) is 17.7 Å². The summed E-state index contributed by atoms with van der Waals surface area (Å²) in [6.07, 6.45) is 0. The van der Waals surface area contributed by atoms with E-state index < -0.39 is 10.5 Å². The molecule has 14 heavy (non-hydrogen) atoms. The van der Waals surface area contributed by atoms with E-state index in [0.717, 1.165) is 0 Å². The number of hydrogen-bond acceptors (Lipinski definition) is 2. The Morgan fingerprint density at radius 1 is 1.29 bits per heavy atom. The third-order valence-electron chi connectivity index (χ3n) is 2.06. The summed E-state index contributed by atoms with van der Waals surface area (Å²) in [6.45, 7) is 3.82. The molecule has 6 heteroatoms. The van der Waals surface area contributed by atoms with Crippen LogP contribution in [0, 0.1) is 5.92 Å². The fourth-order valence-corrected chi connectivity index (χ4v) is 2.21. The number of imidazole rings is 1. The van der Waals surface area contributed by atoms with E-state index >= 15 is 0 Å². The number of aromatic hydroxyl groups is 1. The van der Waals surface area contributed by atoms with Crippen molar-refractivity contribution < 1.29 is 5.11 Å². The molecule has 4 nitrogen and oxygen atoms in total. The number of nitrogens with one attached hydrogen (secondary N) is 2. The van der Waals surface area contributed by atoms with Gasteiger partial charge in [0.15, 0.2) is 0 Å². The average molecular weight is 239 g/mol. The van der Waals surface area contributed by atoms with Crippen molar-refractivity contribution in [2.24, 2.45) is 5.92 Å². The lowest BCUT2D eigenvalue weighted by Crippen LogP contribution is -2.15. The van der Waals surface area contributed by atoms with Crippen molar-refractivity contribution in [1.82, 2.24) is 9.97 Å². The molecular weight excluding hydrogens is 227 g/mol. The van der Waals surface area contributed by atoms with Crippen LogP contribution in [0.15, 0.2) is 4.79 Å². The normalized spacial score (nSPS) is 13.9. The molecule has 1 aromatic heterocycles. The van der Waals surface area contributed by atoms with E-state index in [4.69, 9.17) is 23.2 Å². The van der Waals surface area contributed by atoms with Gasteiger partial charge in [0.2, 0.25) is 5.88 Å². The molecule has 1 aromatic rings. The van der Waals surface area contributed by atoms with Crippen molar-refractivity contribution in [3.8, 4) is 5.88 Å². The minimum Gasteiger partial charge on any atom is -0.493 e. The lowest BCUT2D eigenvalue weighted by molar-refractivity contribution is 0.426. The number of alkyl halides is 2. The zero-order valence-corrected chi connectivity index (χ0v) is 9.36. The molecule has 0 aliphatic carbocycles. The first kappa shape index (κ1) is 11.5. The maximum absolute atomic E-state index is 10.9. The second-order valence-electron chi connectivity index (χ2n) is 3.45. The van der Waals surface area contributed by atoms with Crippen LogP contribution in [0.5, 0.6) is 5.88 Å². The van der Waals surface area contributed by atoms with Gasteiger partial charge in [0.1, 0.15) is 4.84 Å². The standard InChI is InChI=1S/C8H12Cl2N2O2/c1-3(2)4(6(9)10)5-7(13)12-8(14)11-5/h3-4,6,13H,1-2H3,(H2,11,12,14). The molecule has 1 rings (SSSR count). The van der Waals surface area contributed by atoms with Gasteiger partial charge in [-0.3, -0.25) is 4.98 Å². The second kappa shape index (κ2) is 4.28. The molecule has 0 aromatic carbocycles. The van der Waals surface area contributed by atoms with Crippen molar-refractivity contribution >= 4 is 23.2 Å². The lowest BCUT2D eigenvalue weighted by atomic mass is 9.94. The average Bonchev–Trinajstić information content (AvgIpc) is 2.29. The van der Waals surface area contributed by atoms with Crippen LogP contribution in [-0.4, -0.2) is 19.9 Å². The summed E-state index contributed by atoms with van der Waals surface area (Å²) in [6, 6.07) is 0. The molecule has 1 atom stereocenters. The monoisotopic (exact) mass is 238 g/mol. The molecule has 0 fully saturated rings. The number of H-pyrrole nitrogens is 2. The molecule has 0 spiro atoms. The Balaban J connectivity index is 3.11. The van der Waals surface area contributed by atoms with E-state index in [9.17, 15) is 9.90 Å². The van der Waals surface area contributed by atoms with Gasteiger partial charge in [0.05, 0.1) is 5.69 Å². The maximum atomic E-state index is 10.9. The third kappa shape index (κ3) is 2.25. The molecule has 1 heterocycles. The molecule has 0 aliphatic heterocycles. The van der Waals surface area contributed by atoms with E-state index in [0.29, 0.717) is 5.69 Å². The molecule has 0 saturated carbocycles. The zero-order chi connectivity index (χ0) is 10.9. The SMILES string of the molecule is CC(C)C(c1[nH]c(=O)[nH]c1O)C(Cl)Cl. The van der Waals surface area contributed by atoms with Crippen LogP contribution >= 0.6 is 23.2 Å². The smallest absolute Gasteiger partial charge is 0.325 e. The number of halogens is 2. The summed E-state index contributed by atoms with van der Waals surface area (Å²) in [7, 11) is 0. The van der Waals surface area contributed by atoms with Crippen LogP contribution in [0.3, 0.4) is 0 Å². The van der Waals surface area contributed by atoms with Crippen molar-refractivity contribution in [3.05, 3.63) is 16.2 Å². The van der Waals surface area contributed by atoms with Gasteiger partial charge in [-0.1, -0.05) is 13.8 Å². The van der Waals surface area contributed by atoms with Crippen molar-refractivity contribution in [2.75, 3.05) is 0 Å². The minimum absolute atomic E-state index is 0.118. The highest BCUT2D eigenvalue weighted by atomic mass is 35.5. The lowest BCUT2D eigenvalue weighted by Gasteiger charge is -2.20. The van der Waals surface area contributed by atoms with Gasteiger partial charge in [-0.05, 0) is 5.92 Å². The Morgan fingerprint density at radius 2 is 1.86 bits per heavy atom. The first-order chi connectivity index (χ1) is 6.43. The van der Waals surface area contributed by atoms with E-state index in [1.54, 1.807) is 0 Å². The first-order valence-corrected chi connectivity index (χ1v) is 5.10. The Morgan fingerprint density at radius 3 is 2.14 bits per heavy atom. The maximum Gasteiger partial charge on any atom is 0.325 e. The van der Waals surface area contributed by atoms with Gasteiger partial charge in [0.25, 0.3) is 0 Å². The van der Waals surface area contributed by atoms with Gasteiger partial charge in [-0.25, -0.2) is 4.79 Å². The van der Waals surface area contributed by atoms with Gasteiger partial charge in [-0.2, -0.15) is 0 Å². The Hall–Kier alpha value is -0.610. The summed E-state index contributed by atoms with van der Waals surface area (Å²) in [5, 5.41) is 9.40. The van der Waals surface area contributed by atoms with Crippen molar-refractivity contribution in [3.63, 3.8) is 0 Å². The van der Waals surface area contributed by atoms with Crippen LogP contribution in [0.25, 0.3) is 0 Å².